The van der Waals surface area contributed by atoms with Crippen molar-refractivity contribution in [3.05, 3.63) is 0 Å². The molecule has 0 saturated heterocycles. The highest BCUT2D eigenvalue weighted by Crippen LogP contribution is 2.37. The van der Waals surface area contributed by atoms with E-state index in [1.807, 2.05) is 31.4 Å². The molecule has 0 aliphatic rings. The molecule has 0 fully saturated rings. The van der Waals surface area contributed by atoms with Crippen LogP contribution >= 0.6 is 31.4 Å². The highest BCUT2D eigenvalue weighted by Gasteiger charge is 2.39. The van der Waals surface area contributed by atoms with E-state index in [0.29, 0.717) is 11.8 Å². The lowest BCUT2D eigenvalue weighted by atomic mass is 10.0. The normalized spacial score (nSPS) is 14.7. The zero-order valence-electron chi connectivity index (χ0n) is 20.1. The number of hydrogen-bond acceptors (Lipinski definition) is 9. The third kappa shape index (κ3) is 13.1. The highest BCUT2D eigenvalue weighted by atomic mass is 33.5. The van der Waals surface area contributed by atoms with Crippen LogP contribution in [0.4, 0.5) is 0 Å². The predicted octanol–water partition coefficient (Wildman–Crippen LogP) is 4.55. The molecule has 0 heterocycles. The van der Waals surface area contributed by atoms with E-state index < -0.39 is 16.9 Å². The van der Waals surface area contributed by atoms with E-state index in [9.17, 15) is 15.3 Å². The zero-order valence-corrected chi connectivity index (χ0v) is 24.6. The third-order valence-corrected chi connectivity index (χ3v) is 16.9. The molecule has 0 spiro atoms. The molecule has 2 atom stereocenters. The van der Waals surface area contributed by atoms with E-state index in [4.69, 9.17) is 13.3 Å². The molecule has 0 aromatic heterocycles. The summed E-state index contributed by atoms with van der Waals surface area (Å²) < 4.78 is 16.7. The van der Waals surface area contributed by atoms with Crippen molar-refractivity contribution in [1.82, 2.24) is 0 Å². The summed E-state index contributed by atoms with van der Waals surface area (Å²) in [4.78, 5) is 0. The maximum absolute atomic E-state index is 9.59. The van der Waals surface area contributed by atoms with E-state index in [0.717, 1.165) is 49.3 Å². The summed E-state index contributed by atoms with van der Waals surface area (Å²) >= 11 is 0. The summed E-state index contributed by atoms with van der Waals surface area (Å²) in [7, 11) is 6.00. The van der Waals surface area contributed by atoms with Crippen molar-refractivity contribution in [3.8, 4) is 0 Å². The molecule has 0 rings (SSSR count). The number of aliphatic hydroxyl groups excluding tert-OH is 3. The molecule has 2 unspecified atom stereocenters. The van der Waals surface area contributed by atoms with Gasteiger partial charge in [0.2, 0.25) is 0 Å². The van der Waals surface area contributed by atoms with Gasteiger partial charge in [0.05, 0.1) is 0 Å². The predicted molar refractivity (Wildman–Crippen MR) is 142 cm³/mol. The fourth-order valence-corrected chi connectivity index (χ4v) is 12.2. The van der Waals surface area contributed by atoms with Crippen LogP contribution in [0.25, 0.3) is 0 Å². The lowest BCUT2D eigenvalue weighted by Gasteiger charge is -2.29. The van der Waals surface area contributed by atoms with E-state index >= 15 is 0 Å². The second-order valence-corrected chi connectivity index (χ2v) is 20.1. The maximum Gasteiger partial charge on any atom is 0.500 e. The van der Waals surface area contributed by atoms with Crippen molar-refractivity contribution < 1.29 is 28.6 Å². The first kappa shape index (κ1) is 32.2. The summed E-state index contributed by atoms with van der Waals surface area (Å²) in [5, 5.41) is 28.8. The van der Waals surface area contributed by atoms with Gasteiger partial charge in [0, 0.05) is 57.6 Å². The number of hydrogen-bond donors (Lipinski definition) is 3. The minimum Gasteiger partial charge on any atom is -0.399 e. The average molecular weight is 535 g/mol. The molecule has 0 amide bonds. The van der Waals surface area contributed by atoms with Gasteiger partial charge in [-0.3, -0.25) is 0 Å². The Bertz CT molecular complexity index is 366. The Balaban J connectivity index is 3.95. The van der Waals surface area contributed by atoms with Crippen LogP contribution in [0.2, 0.25) is 12.1 Å². The van der Waals surface area contributed by atoms with Crippen LogP contribution in [-0.2, 0) is 13.3 Å². The molecule has 0 saturated carbocycles. The zero-order chi connectivity index (χ0) is 23.6. The molecule has 31 heavy (non-hydrogen) atoms. The van der Waals surface area contributed by atoms with E-state index in [1.165, 1.54) is 12.8 Å². The van der Waals surface area contributed by atoms with Crippen molar-refractivity contribution in [2.75, 3.05) is 51.5 Å². The standard InChI is InChI=1S/C20H46O6S3Si2/c1-6-19(14-30(16-21,17-22)18-23)10-8-12-27-29-28-13-9-11-20(7-2)15-31(24-3,25-4)26-5/h19-23H,6-18H2,1-5H3. The van der Waals surface area contributed by atoms with Crippen molar-refractivity contribution in [2.24, 2.45) is 11.8 Å². The molecular weight excluding hydrogens is 489 g/mol. The first-order chi connectivity index (χ1) is 14.9. The van der Waals surface area contributed by atoms with Crippen molar-refractivity contribution in [3.63, 3.8) is 0 Å². The van der Waals surface area contributed by atoms with Gasteiger partial charge in [-0.05, 0) is 53.4 Å². The topological polar surface area (TPSA) is 88.4 Å². The Morgan fingerprint density at radius 2 is 1.13 bits per heavy atom. The van der Waals surface area contributed by atoms with Crippen LogP contribution in [0.5, 0.6) is 0 Å². The van der Waals surface area contributed by atoms with Crippen LogP contribution in [0.1, 0.15) is 52.4 Å². The lowest BCUT2D eigenvalue weighted by Crippen LogP contribution is -2.49. The van der Waals surface area contributed by atoms with E-state index in [-0.39, 0.29) is 18.7 Å². The summed E-state index contributed by atoms with van der Waals surface area (Å²) in [5.74, 6) is 3.32. The fourth-order valence-electron chi connectivity index (χ4n) is 3.67. The van der Waals surface area contributed by atoms with Gasteiger partial charge in [-0.2, -0.15) is 0 Å². The number of aliphatic hydroxyl groups is 3. The fraction of sp³-hybridized carbons (Fsp3) is 1.00. The molecule has 0 aliphatic heterocycles. The van der Waals surface area contributed by atoms with Crippen LogP contribution in [0, 0.1) is 11.8 Å². The minimum atomic E-state index is -2.48. The second kappa shape index (κ2) is 19.5. The lowest BCUT2D eigenvalue weighted by molar-refractivity contribution is 0.117. The van der Waals surface area contributed by atoms with Gasteiger partial charge < -0.3 is 28.6 Å². The first-order valence-corrected chi connectivity index (χ1v) is 19.9. The van der Waals surface area contributed by atoms with Crippen molar-refractivity contribution in [2.45, 2.75) is 64.5 Å². The Labute approximate surface area is 204 Å². The molecule has 0 aliphatic carbocycles. The molecule has 0 aromatic rings. The summed E-state index contributed by atoms with van der Waals surface area (Å²) in [6, 6.07) is 1.70. The van der Waals surface area contributed by atoms with Gasteiger partial charge in [0.15, 0.2) is 0 Å². The molecule has 0 aromatic carbocycles. The Hall–Kier alpha value is 1.24. The Kier molecular flexibility index (Phi) is 20.3. The van der Waals surface area contributed by atoms with Gasteiger partial charge >= 0.3 is 8.80 Å². The summed E-state index contributed by atoms with van der Waals surface area (Å²) in [6.45, 7) is 4.38. The SMILES string of the molecule is CCC(CCCSSSCCCC(CC)C[Si](OC)(OC)OC)C[Si](CO)(CO)CO. The van der Waals surface area contributed by atoms with Crippen LogP contribution in [-0.4, -0.2) is 83.7 Å². The smallest absolute Gasteiger partial charge is 0.399 e. The van der Waals surface area contributed by atoms with Crippen LogP contribution in [0.3, 0.4) is 0 Å². The van der Waals surface area contributed by atoms with Gasteiger partial charge in [-0.25, -0.2) is 0 Å². The minimum absolute atomic E-state index is 0.0256. The molecule has 6 nitrogen and oxygen atoms in total. The molecule has 3 N–H and O–H groups in total. The summed E-state index contributed by atoms with van der Waals surface area (Å²) in [6.07, 6.45) is 6.68. The maximum atomic E-state index is 9.59. The van der Waals surface area contributed by atoms with Gasteiger partial charge in [-0.1, -0.05) is 48.3 Å². The number of rotatable bonds is 22. The second-order valence-electron chi connectivity index (χ2n) is 8.22. The highest BCUT2D eigenvalue weighted by molar-refractivity contribution is 9.09. The Morgan fingerprint density at radius 1 is 0.710 bits per heavy atom. The van der Waals surface area contributed by atoms with Gasteiger partial charge in [-0.15, -0.1) is 0 Å². The van der Waals surface area contributed by atoms with Gasteiger partial charge in [0.25, 0.3) is 0 Å². The first-order valence-electron chi connectivity index (χ1n) is 11.3. The molecule has 11 heteroatoms. The van der Waals surface area contributed by atoms with Crippen molar-refractivity contribution >= 4 is 48.3 Å². The van der Waals surface area contributed by atoms with E-state index in [1.54, 1.807) is 21.3 Å². The third-order valence-electron chi connectivity index (χ3n) is 6.13. The van der Waals surface area contributed by atoms with Crippen molar-refractivity contribution in [1.29, 1.82) is 0 Å². The van der Waals surface area contributed by atoms with Gasteiger partial charge in [0.1, 0.15) is 8.07 Å². The average Bonchev–Trinajstić information content (AvgIpc) is 2.82. The molecule has 0 bridgehead atoms. The Morgan fingerprint density at radius 3 is 1.48 bits per heavy atom. The van der Waals surface area contributed by atoms with E-state index in [2.05, 4.69) is 13.8 Å². The quantitative estimate of drug-likeness (QED) is 0.105. The monoisotopic (exact) mass is 534 g/mol. The largest absolute Gasteiger partial charge is 0.500 e. The van der Waals surface area contributed by atoms with Crippen LogP contribution < -0.4 is 0 Å². The van der Waals surface area contributed by atoms with Crippen LogP contribution in [0.15, 0.2) is 0 Å². The molecule has 0 radical (unpaired) electrons. The summed E-state index contributed by atoms with van der Waals surface area (Å²) in [5.41, 5.74) is 0. The molecule has 188 valence electrons. The molecular formula is C20H46O6S3Si2.